The Morgan fingerprint density at radius 1 is 1.00 bits per heavy atom. The summed E-state index contributed by atoms with van der Waals surface area (Å²) in [6.07, 6.45) is 9.97. The fourth-order valence-corrected chi connectivity index (χ4v) is 4.16. The van der Waals surface area contributed by atoms with E-state index in [-0.39, 0.29) is 0 Å². The van der Waals surface area contributed by atoms with Gasteiger partial charge in [-0.25, -0.2) is 0 Å². The maximum Gasteiger partial charge on any atom is 0.232 e. The molecule has 142 valence electrons. The van der Waals surface area contributed by atoms with Crippen LogP contribution in [-0.2, 0) is 0 Å². The molecule has 0 aromatic carbocycles. The van der Waals surface area contributed by atoms with E-state index < -0.39 is 0 Å². The third kappa shape index (κ3) is 4.37. The second kappa shape index (κ2) is 7.94. The van der Waals surface area contributed by atoms with Gasteiger partial charge in [0.1, 0.15) is 11.6 Å². The summed E-state index contributed by atoms with van der Waals surface area (Å²) in [4.78, 5) is 14.4. The lowest BCUT2D eigenvalue weighted by Gasteiger charge is -2.35. The molecular formula is C19H30N6S. The molecule has 3 fully saturated rings. The van der Waals surface area contributed by atoms with Crippen LogP contribution in [0.25, 0.3) is 0 Å². The molecule has 6 nitrogen and oxygen atoms in total. The van der Waals surface area contributed by atoms with Gasteiger partial charge in [-0.1, -0.05) is 0 Å². The smallest absolute Gasteiger partial charge is 0.232 e. The molecule has 0 radical (unpaired) electrons. The standard InChI is InChI=1S/C19H30N6S/c1-14-7-3-6-12-25(14)17-13-16(24-10-4-2-5-11-24)21-18(22-17)23-19(26)20-15-8-9-15/h13-15H,2-12H2,1H3,(H2,20,21,22,23,26)/t14-/m1/s1. The predicted octanol–water partition coefficient (Wildman–Crippen LogP) is 3.29. The van der Waals surface area contributed by atoms with Crippen LogP contribution in [-0.4, -0.2) is 46.8 Å². The topological polar surface area (TPSA) is 56.3 Å². The first-order valence-electron chi connectivity index (χ1n) is 10.2. The molecule has 1 atom stereocenters. The molecule has 7 heteroatoms. The average molecular weight is 375 g/mol. The highest BCUT2D eigenvalue weighted by molar-refractivity contribution is 7.80. The number of piperidine rings is 2. The van der Waals surface area contributed by atoms with Gasteiger partial charge in [-0.3, -0.25) is 0 Å². The van der Waals surface area contributed by atoms with Crippen LogP contribution in [0, 0.1) is 0 Å². The number of nitrogens with zero attached hydrogens (tertiary/aromatic N) is 4. The SMILES string of the molecule is C[C@@H]1CCCCN1c1cc(N2CCCCC2)nc(NC(=S)NC2CC2)n1. The monoisotopic (exact) mass is 374 g/mol. The minimum absolute atomic E-state index is 0.525. The quantitative estimate of drug-likeness (QED) is 0.784. The van der Waals surface area contributed by atoms with Crippen LogP contribution in [0.4, 0.5) is 17.6 Å². The van der Waals surface area contributed by atoms with E-state index in [1.165, 1.54) is 51.4 Å². The molecule has 2 saturated heterocycles. The molecule has 0 bridgehead atoms. The van der Waals surface area contributed by atoms with Gasteiger partial charge in [0.15, 0.2) is 5.11 Å². The van der Waals surface area contributed by atoms with E-state index in [1.54, 1.807) is 0 Å². The number of rotatable bonds is 4. The second-order valence-electron chi connectivity index (χ2n) is 7.87. The van der Waals surface area contributed by atoms with Crippen molar-refractivity contribution in [3.63, 3.8) is 0 Å². The third-order valence-electron chi connectivity index (χ3n) is 5.61. The summed E-state index contributed by atoms with van der Waals surface area (Å²) in [5.74, 6) is 2.69. The van der Waals surface area contributed by atoms with Crippen molar-refractivity contribution in [1.82, 2.24) is 15.3 Å². The summed E-state index contributed by atoms with van der Waals surface area (Å²) < 4.78 is 0. The van der Waals surface area contributed by atoms with Gasteiger partial charge in [0.05, 0.1) is 0 Å². The van der Waals surface area contributed by atoms with Gasteiger partial charge >= 0.3 is 0 Å². The first-order valence-corrected chi connectivity index (χ1v) is 10.6. The zero-order valence-corrected chi connectivity index (χ0v) is 16.5. The molecule has 1 aromatic heterocycles. The molecular weight excluding hydrogens is 344 g/mol. The number of hydrogen-bond donors (Lipinski definition) is 2. The normalized spacial score (nSPS) is 23.7. The van der Waals surface area contributed by atoms with Crippen LogP contribution >= 0.6 is 12.2 Å². The lowest BCUT2D eigenvalue weighted by Crippen LogP contribution is -2.39. The van der Waals surface area contributed by atoms with Crippen LogP contribution in [0.1, 0.15) is 58.3 Å². The van der Waals surface area contributed by atoms with Crippen molar-refractivity contribution in [3.8, 4) is 0 Å². The average Bonchev–Trinajstić information content (AvgIpc) is 3.46. The summed E-state index contributed by atoms with van der Waals surface area (Å²) in [7, 11) is 0. The summed E-state index contributed by atoms with van der Waals surface area (Å²) in [5, 5.41) is 7.19. The Morgan fingerprint density at radius 2 is 1.73 bits per heavy atom. The predicted molar refractivity (Wildman–Crippen MR) is 111 cm³/mol. The highest BCUT2D eigenvalue weighted by atomic mass is 32.1. The molecule has 2 N–H and O–H groups in total. The number of aromatic nitrogens is 2. The van der Waals surface area contributed by atoms with Gasteiger partial charge in [-0.2, -0.15) is 9.97 Å². The van der Waals surface area contributed by atoms with Crippen molar-refractivity contribution in [2.24, 2.45) is 0 Å². The summed E-state index contributed by atoms with van der Waals surface area (Å²) in [5.41, 5.74) is 0. The van der Waals surface area contributed by atoms with Crippen LogP contribution < -0.4 is 20.4 Å². The molecule has 2 aliphatic heterocycles. The Hall–Kier alpha value is -1.63. The Morgan fingerprint density at radius 3 is 2.46 bits per heavy atom. The molecule has 4 rings (SSSR count). The Balaban J connectivity index is 1.58. The van der Waals surface area contributed by atoms with Crippen molar-refractivity contribution in [3.05, 3.63) is 6.07 Å². The van der Waals surface area contributed by atoms with Gasteiger partial charge in [-0.05, 0) is 70.5 Å². The first kappa shape index (κ1) is 17.8. The molecule has 3 aliphatic rings. The maximum atomic E-state index is 5.45. The van der Waals surface area contributed by atoms with E-state index in [1.807, 2.05) is 0 Å². The maximum absolute atomic E-state index is 5.45. The molecule has 1 saturated carbocycles. The largest absolute Gasteiger partial charge is 0.360 e. The van der Waals surface area contributed by atoms with E-state index in [4.69, 9.17) is 22.2 Å². The van der Waals surface area contributed by atoms with Crippen LogP contribution in [0.3, 0.4) is 0 Å². The molecule has 0 amide bonds. The Bertz CT molecular complexity index is 641. The fourth-order valence-electron chi connectivity index (χ4n) is 3.90. The van der Waals surface area contributed by atoms with E-state index in [0.717, 1.165) is 31.3 Å². The first-order chi connectivity index (χ1) is 12.7. The van der Waals surface area contributed by atoms with E-state index in [9.17, 15) is 0 Å². The minimum atomic E-state index is 0.525. The minimum Gasteiger partial charge on any atom is -0.360 e. The second-order valence-corrected chi connectivity index (χ2v) is 8.27. The van der Waals surface area contributed by atoms with Crippen molar-refractivity contribution in [1.29, 1.82) is 0 Å². The molecule has 26 heavy (non-hydrogen) atoms. The molecule has 1 aliphatic carbocycles. The van der Waals surface area contributed by atoms with E-state index in [2.05, 4.69) is 33.4 Å². The zero-order valence-electron chi connectivity index (χ0n) is 15.7. The van der Waals surface area contributed by atoms with Crippen molar-refractivity contribution < 1.29 is 0 Å². The summed E-state index contributed by atoms with van der Waals surface area (Å²) in [6.45, 7) is 5.53. The Labute approximate surface area is 161 Å². The molecule has 0 unspecified atom stereocenters. The van der Waals surface area contributed by atoms with E-state index in [0.29, 0.717) is 23.1 Å². The molecule has 3 heterocycles. The number of anilines is 3. The fraction of sp³-hybridized carbons (Fsp3) is 0.737. The van der Waals surface area contributed by atoms with Crippen molar-refractivity contribution >= 4 is 34.9 Å². The van der Waals surface area contributed by atoms with Gasteiger partial charge in [0.25, 0.3) is 0 Å². The lowest BCUT2D eigenvalue weighted by molar-refractivity contribution is 0.481. The van der Waals surface area contributed by atoms with Gasteiger partial charge < -0.3 is 20.4 Å². The van der Waals surface area contributed by atoms with Gasteiger partial charge in [0, 0.05) is 37.8 Å². The third-order valence-corrected chi connectivity index (χ3v) is 5.83. The van der Waals surface area contributed by atoms with Crippen molar-refractivity contribution in [2.75, 3.05) is 34.8 Å². The highest BCUT2D eigenvalue weighted by Crippen LogP contribution is 2.28. The van der Waals surface area contributed by atoms with Gasteiger partial charge in [0.2, 0.25) is 5.95 Å². The molecule has 1 aromatic rings. The van der Waals surface area contributed by atoms with Crippen LogP contribution in [0.15, 0.2) is 6.07 Å². The van der Waals surface area contributed by atoms with Crippen molar-refractivity contribution in [2.45, 2.75) is 70.4 Å². The summed E-state index contributed by atoms with van der Waals surface area (Å²) >= 11 is 5.45. The number of hydrogen-bond acceptors (Lipinski definition) is 5. The summed E-state index contributed by atoms with van der Waals surface area (Å²) in [6, 6.07) is 3.23. The van der Waals surface area contributed by atoms with Crippen LogP contribution in [0.2, 0.25) is 0 Å². The molecule has 0 spiro atoms. The number of nitrogens with one attached hydrogen (secondary N) is 2. The lowest BCUT2D eigenvalue weighted by atomic mass is 10.0. The zero-order chi connectivity index (χ0) is 17.9. The highest BCUT2D eigenvalue weighted by Gasteiger charge is 2.24. The Kier molecular flexibility index (Phi) is 5.43. The van der Waals surface area contributed by atoms with Crippen LogP contribution in [0.5, 0.6) is 0 Å². The van der Waals surface area contributed by atoms with Gasteiger partial charge in [-0.15, -0.1) is 0 Å². The number of thiocarbonyl (C=S) groups is 1. The van der Waals surface area contributed by atoms with E-state index >= 15 is 0 Å².